The van der Waals surface area contributed by atoms with E-state index >= 15 is 0 Å². The number of carbonyl (C=O) groups excluding carboxylic acids is 2. The second-order valence-corrected chi connectivity index (χ2v) is 8.79. The molecule has 0 saturated heterocycles. The number of anilines is 1. The Bertz CT molecular complexity index is 1320. The number of thioether (sulfide) groups is 1. The molecule has 1 aliphatic heterocycles. The summed E-state index contributed by atoms with van der Waals surface area (Å²) in [7, 11) is 0. The van der Waals surface area contributed by atoms with Crippen LogP contribution in [0.25, 0.3) is 11.4 Å². The van der Waals surface area contributed by atoms with Gasteiger partial charge in [-0.3, -0.25) is 19.1 Å². The molecule has 2 aromatic carbocycles. The molecule has 0 saturated carbocycles. The van der Waals surface area contributed by atoms with Gasteiger partial charge in [0.05, 0.1) is 18.2 Å². The monoisotopic (exact) mass is 455 g/mol. The topological polar surface area (TPSA) is 89.8 Å². The molecule has 164 valence electrons. The number of nitrogens with zero attached hydrogens (tertiary/aromatic N) is 4. The molecule has 0 aliphatic carbocycles. The van der Waals surface area contributed by atoms with E-state index in [9.17, 15) is 9.59 Å². The summed E-state index contributed by atoms with van der Waals surface area (Å²) in [5.41, 5.74) is 4.21. The molecule has 3 heterocycles. The summed E-state index contributed by atoms with van der Waals surface area (Å²) >= 11 is 1.36. The standard InChI is InChI=1S/C25H21N5O2S/c1-16-20-12-18(9-10-21(20)27-24(16)32)22(31)15-33-25-29-28-23(19-8-5-11-26-13-19)30(25)14-17-6-3-2-4-7-17/h2-13,16H,14-15H2,1H3,(H,27,32)/t16-/m1/s1. The minimum atomic E-state index is -0.253. The number of hydrogen-bond acceptors (Lipinski definition) is 6. The van der Waals surface area contributed by atoms with E-state index in [1.165, 1.54) is 11.8 Å². The summed E-state index contributed by atoms with van der Waals surface area (Å²) in [5, 5.41) is 12.3. The van der Waals surface area contributed by atoms with E-state index in [2.05, 4.69) is 20.5 Å². The SMILES string of the molecule is C[C@H]1C(=O)Nc2ccc(C(=O)CSc3nnc(-c4cccnc4)n3Cc3ccccc3)cc21. The maximum atomic E-state index is 13.0. The van der Waals surface area contributed by atoms with Crippen LogP contribution in [0, 0.1) is 0 Å². The molecule has 2 aromatic heterocycles. The van der Waals surface area contributed by atoms with Gasteiger partial charge in [0.2, 0.25) is 5.91 Å². The predicted molar refractivity (Wildman–Crippen MR) is 127 cm³/mol. The van der Waals surface area contributed by atoms with Crippen LogP contribution in [0.1, 0.15) is 34.3 Å². The molecule has 1 N–H and O–H groups in total. The molecule has 0 radical (unpaired) electrons. The second kappa shape index (κ2) is 8.99. The highest BCUT2D eigenvalue weighted by Gasteiger charge is 2.27. The molecular weight excluding hydrogens is 434 g/mol. The molecule has 4 aromatic rings. The molecule has 0 unspecified atom stereocenters. The van der Waals surface area contributed by atoms with Crippen molar-refractivity contribution in [3.8, 4) is 11.4 Å². The first kappa shape index (κ1) is 21.1. The molecule has 8 heteroatoms. The van der Waals surface area contributed by atoms with Gasteiger partial charge in [0.15, 0.2) is 16.8 Å². The Morgan fingerprint density at radius 3 is 2.73 bits per heavy atom. The van der Waals surface area contributed by atoms with Crippen LogP contribution >= 0.6 is 11.8 Å². The fraction of sp³-hybridized carbons (Fsp3) is 0.160. The molecule has 33 heavy (non-hydrogen) atoms. The maximum Gasteiger partial charge on any atom is 0.231 e. The maximum absolute atomic E-state index is 13.0. The number of pyridine rings is 1. The molecule has 7 nitrogen and oxygen atoms in total. The van der Waals surface area contributed by atoms with Crippen LogP contribution in [0.5, 0.6) is 0 Å². The summed E-state index contributed by atoms with van der Waals surface area (Å²) < 4.78 is 2.01. The summed E-state index contributed by atoms with van der Waals surface area (Å²) in [4.78, 5) is 29.1. The van der Waals surface area contributed by atoms with Gasteiger partial charge < -0.3 is 5.32 Å². The lowest BCUT2D eigenvalue weighted by atomic mass is 9.99. The van der Waals surface area contributed by atoms with Gasteiger partial charge >= 0.3 is 0 Å². The Kier molecular flexibility index (Phi) is 5.75. The first-order valence-electron chi connectivity index (χ1n) is 10.6. The third-order valence-electron chi connectivity index (χ3n) is 5.64. The summed E-state index contributed by atoms with van der Waals surface area (Å²) in [5.74, 6) is 0.607. The molecule has 0 fully saturated rings. The zero-order valence-corrected chi connectivity index (χ0v) is 18.7. The van der Waals surface area contributed by atoms with Gasteiger partial charge in [-0.2, -0.15) is 0 Å². The lowest BCUT2D eigenvalue weighted by molar-refractivity contribution is -0.116. The number of aromatic nitrogens is 4. The second-order valence-electron chi connectivity index (χ2n) is 7.84. The highest BCUT2D eigenvalue weighted by molar-refractivity contribution is 7.99. The van der Waals surface area contributed by atoms with Crippen LogP contribution in [-0.2, 0) is 11.3 Å². The number of nitrogens with one attached hydrogen (secondary N) is 1. The van der Waals surface area contributed by atoms with Crippen LogP contribution in [0.15, 0.2) is 78.2 Å². The first-order valence-corrected chi connectivity index (χ1v) is 11.6. The Morgan fingerprint density at radius 1 is 1.09 bits per heavy atom. The van der Waals surface area contributed by atoms with Crippen molar-refractivity contribution < 1.29 is 9.59 Å². The molecule has 1 aliphatic rings. The van der Waals surface area contributed by atoms with Crippen molar-refractivity contribution in [2.24, 2.45) is 0 Å². The highest BCUT2D eigenvalue weighted by Crippen LogP contribution is 2.33. The van der Waals surface area contributed by atoms with Crippen molar-refractivity contribution in [3.63, 3.8) is 0 Å². The van der Waals surface area contributed by atoms with Crippen molar-refractivity contribution in [2.45, 2.75) is 24.5 Å². The highest BCUT2D eigenvalue weighted by atomic mass is 32.2. The number of carbonyl (C=O) groups is 2. The average Bonchev–Trinajstić information content (AvgIpc) is 3.38. The number of amides is 1. The van der Waals surface area contributed by atoms with Gasteiger partial charge in [-0.25, -0.2) is 0 Å². The average molecular weight is 456 g/mol. The number of benzene rings is 2. The van der Waals surface area contributed by atoms with E-state index in [1.807, 2.05) is 60.0 Å². The molecule has 1 atom stereocenters. The van der Waals surface area contributed by atoms with Crippen molar-refractivity contribution in [2.75, 3.05) is 11.1 Å². The third kappa shape index (κ3) is 4.29. The molecule has 5 rings (SSSR count). The van der Waals surface area contributed by atoms with E-state index in [-0.39, 0.29) is 23.4 Å². The van der Waals surface area contributed by atoms with E-state index in [0.717, 1.165) is 22.4 Å². The van der Waals surface area contributed by atoms with Crippen LogP contribution in [0.3, 0.4) is 0 Å². The summed E-state index contributed by atoms with van der Waals surface area (Å²) in [6.45, 7) is 2.43. The lowest BCUT2D eigenvalue weighted by Gasteiger charge is -2.10. The van der Waals surface area contributed by atoms with Crippen LogP contribution < -0.4 is 5.32 Å². The van der Waals surface area contributed by atoms with Crippen molar-refractivity contribution >= 4 is 29.1 Å². The van der Waals surface area contributed by atoms with E-state index < -0.39 is 0 Å². The van der Waals surface area contributed by atoms with E-state index in [0.29, 0.717) is 23.1 Å². The third-order valence-corrected chi connectivity index (χ3v) is 6.61. The van der Waals surface area contributed by atoms with Gasteiger partial charge in [-0.15, -0.1) is 10.2 Å². The summed E-state index contributed by atoms with van der Waals surface area (Å²) in [6, 6.07) is 19.2. The summed E-state index contributed by atoms with van der Waals surface area (Å²) in [6.07, 6.45) is 3.47. The normalized spacial score (nSPS) is 14.7. The molecule has 0 spiro atoms. The molecular formula is C25H21N5O2S. The Balaban J connectivity index is 1.39. The molecule has 1 amide bonds. The first-order chi connectivity index (χ1) is 16.1. The Labute approximate surface area is 195 Å². The van der Waals surface area contributed by atoms with Gasteiger partial charge in [0.25, 0.3) is 0 Å². The number of Topliss-reactive ketones (excluding diaryl/α,β-unsaturated/α-hetero) is 1. The Hall–Kier alpha value is -3.78. The van der Waals surface area contributed by atoms with Crippen LogP contribution in [0.2, 0.25) is 0 Å². The Morgan fingerprint density at radius 2 is 1.94 bits per heavy atom. The zero-order chi connectivity index (χ0) is 22.8. The lowest BCUT2D eigenvalue weighted by Crippen LogP contribution is -2.08. The van der Waals surface area contributed by atoms with Crippen molar-refractivity contribution in [1.29, 1.82) is 0 Å². The van der Waals surface area contributed by atoms with E-state index in [4.69, 9.17) is 0 Å². The minimum absolute atomic E-state index is 0.0217. The van der Waals surface area contributed by atoms with E-state index in [1.54, 1.807) is 24.5 Å². The number of fused-ring (bicyclic) bond motifs is 1. The number of rotatable bonds is 7. The van der Waals surface area contributed by atoms with Crippen molar-refractivity contribution in [1.82, 2.24) is 19.7 Å². The van der Waals surface area contributed by atoms with Crippen LogP contribution in [-0.4, -0.2) is 37.2 Å². The van der Waals surface area contributed by atoms with Gasteiger partial charge in [-0.05, 0) is 48.4 Å². The van der Waals surface area contributed by atoms with Gasteiger partial charge in [-0.1, -0.05) is 42.1 Å². The minimum Gasteiger partial charge on any atom is -0.325 e. The fourth-order valence-electron chi connectivity index (χ4n) is 3.82. The fourth-order valence-corrected chi connectivity index (χ4v) is 4.65. The van der Waals surface area contributed by atoms with Crippen molar-refractivity contribution in [3.05, 3.63) is 89.7 Å². The smallest absolute Gasteiger partial charge is 0.231 e. The number of ketones is 1. The van der Waals surface area contributed by atoms with Crippen LogP contribution in [0.4, 0.5) is 5.69 Å². The largest absolute Gasteiger partial charge is 0.325 e. The van der Waals surface area contributed by atoms with Gasteiger partial charge in [0, 0.05) is 29.2 Å². The quantitative estimate of drug-likeness (QED) is 0.328. The zero-order valence-electron chi connectivity index (χ0n) is 17.9. The number of hydrogen-bond donors (Lipinski definition) is 1. The predicted octanol–water partition coefficient (Wildman–Crippen LogP) is 4.42. The molecule has 0 bridgehead atoms. The van der Waals surface area contributed by atoms with Gasteiger partial charge in [0.1, 0.15) is 0 Å².